The lowest BCUT2D eigenvalue weighted by Gasteiger charge is -2.17. The van der Waals surface area contributed by atoms with Crippen molar-refractivity contribution in [2.45, 2.75) is 18.9 Å². The van der Waals surface area contributed by atoms with Crippen LogP contribution in [0.15, 0.2) is 46.9 Å². The highest BCUT2D eigenvalue weighted by Gasteiger charge is 2.23. The molecule has 0 aliphatic rings. The van der Waals surface area contributed by atoms with Crippen LogP contribution >= 0.6 is 15.9 Å². The number of amides is 1. The van der Waals surface area contributed by atoms with Crippen LogP contribution in [0.3, 0.4) is 0 Å². The summed E-state index contributed by atoms with van der Waals surface area (Å²) >= 11 is 3.37. The third-order valence-electron chi connectivity index (χ3n) is 4.36. The van der Waals surface area contributed by atoms with E-state index in [1.54, 1.807) is 12.1 Å². The second-order valence-electron chi connectivity index (χ2n) is 6.47. The van der Waals surface area contributed by atoms with Crippen molar-refractivity contribution < 1.29 is 33.3 Å². The summed E-state index contributed by atoms with van der Waals surface area (Å²) in [5.74, 6) is -0.823. The van der Waals surface area contributed by atoms with Crippen molar-refractivity contribution in [1.29, 1.82) is 0 Å². The van der Waals surface area contributed by atoms with Gasteiger partial charge < -0.3 is 24.3 Å². The van der Waals surface area contributed by atoms with Crippen molar-refractivity contribution in [2.24, 2.45) is 0 Å². The Kier molecular flexibility index (Phi) is 9.33. The molecule has 0 aromatic heterocycles. The number of esters is 2. The zero-order valence-corrected chi connectivity index (χ0v) is 19.1. The molecule has 0 fully saturated rings. The number of halogens is 1. The molecule has 0 spiro atoms. The van der Waals surface area contributed by atoms with Gasteiger partial charge in [-0.3, -0.25) is 9.59 Å². The van der Waals surface area contributed by atoms with E-state index in [-0.39, 0.29) is 12.8 Å². The highest BCUT2D eigenvalue weighted by atomic mass is 79.9. The number of hydrogen-bond donors (Lipinski definition) is 1. The first kappa shape index (κ1) is 24.2. The van der Waals surface area contributed by atoms with E-state index in [0.717, 1.165) is 5.56 Å². The molecule has 0 saturated carbocycles. The number of nitrogens with one attached hydrogen (secondary N) is 1. The summed E-state index contributed by atoms with van der Waals surface area (Å²) < 4.78 is 20.9. The third kappa shape index (κ3) is 7.29. The summed E-state index contributed by atoms with van der Waals surface area (Å²) in [7, 11) is 4.25. The Bertz CT molecular complexity index is 918. The maximum absolute atomic E-state index is 12.2. The smallest absolute Gasteiger partial charge is 0.328 e. The summed E-state index contributed by atoms with van der Waals surface area (Å²) in [4.78, 5) is 36.4. The van der Waals surface area contributed by atoms with Crippen LogP contribution in [0.2, 0.25) is 0 Å². The Labute approximate surface area is 188 Å². The summed E-state index contributed by atoms with van der Waals surface area (Å²) in [5, 5.41) is 2.54. The Morgan fingerprint density at radius 1 is 1.00 bits per heavy atom. The van der Waals surface area contributed by atoms with E-state index in [4.69, 9.17) is 18.9 Å². The van der Waals surface area contributed by atoms with Crippen LogP contribution in [0.4, 0.5) is 0 Å². The lowest BCUT2D eigenvalue weighted by molar-refractivity contribution is -0.149. The molecule has 0 saturated heterocycles. The third-order valence-corrected chi connectivity index (χ3v) is 5.09. The number of rotatable bonds is 10. The topological polar surface area (TPSA) is 100 Å². The van der Waals surface area contributed by atoms with Crippen LogP contribution in [0.25, 0.3) is 0 Å². The van der Waals surface area contributed by atoms with Gasteiger partial charge in [-0.1, -0.05) is 46.3 Å². The van der Waals surface area contributed by atoms with E-state index in [0.29, 0.717) is 21.5 Å². The first-order valence-corrected chi connectivity index (χ1v) is 10.1. The quantitative estimate of drug-likeness (QED) is 0.507. The molecule has 2 aromatic carbocycles. The second-order valence-corrected chi connectivity index (χ2v) is 7.32. The normalized spacial score (nSPS) is 11.2. The van der Waals surface area contributed by atoms with Crippen LogP contribution in [-0.4, -0.2) is 51.8 Å². The van der Waals surface area contributed by atoms with E-state index >= 15 is 0 Å². The number of carbonyl (C=O) groups is 3. The Morgan fingerprint density at radius 3 is 2.26 bits per heavy atom. The number of ether oxygens (including phenoxy) is 4. The SMILES string of the molecule is COC(=O)C(Cc1ccccc1)NC(=O)COC(=O)Cc1cc(OC)c(OC)cc1Br. The predicted molar refractivity (Wildman–Crippen MR) is 116 cm³/mol. The average molecular weight is 494 g/mol. The first-order chi connectivity index (χ1) is 14.9. The van der Waals surface area contributed by atoms with Gasteiger partial charge in [0.1, 0.15) is 6.04 Å². The van der Waals surface area contributed by atoms with E-state index < -0.39 is 30.5 Å². The van der Waals surface area contributed by atoms with Crippen molar-refractivity contribution in [3.8, 4) is 11.5 Å². The van der Waals surface area contributed by atoms with Gasteiger partial charge >= 0.3 is 11.9 Å². The molecule has 8 nitrogen and oxygen atoms in total. The zero-order chi connectivity index (χ0) is 22.8. The maximum Gasteiger partial charge on any atom is 0.328 e. The fourth-order valence-electron chi connectivity index (χ4n) is 2.81. The molecule has 1 amide bonds. The monoisotopic (exact) mass is 493 g/mol. The Balaban J connectivity index is 1.93. The predicted octanol–water partition coefficient (Wildman–Crippen LogP) is 2.45. The molecule has 0 aliphatic carbocycles. The van der Waals surface area contributed by atoms with Gasteiger partial charge in [-0.2, -0.15) is 0 Å². The number of carbonyl (C=O) groups excluding carboxylic acids is 3. The Morgan fingerprint density at radius 2 is 1.65 bits per heavy atom. The zero-order valence-electron chi connectivity index (χ0n) is 17.5. The molecule has 0 heterocycles. The molecule has 1 atom stereocenters. The van der Waals surface area contributed by atoms with Crippen molar-refractivity contribution in [3.63, 3.8) is 0 Å². The number of benzene rings is 2. The minimum absolute atomic E-state index is 0.0847. The lowest BCUT2D eigenvalue weighted by Crippen LogP contribution is -2.44. The fraction of sp³-hybridized carbons (Fsp3) is 0.318. The molecule has 1 unspecified atom stereocenters. The maximum atomic E-state index is 12.2. The molecule has 1 N–H and O–H groups in total. The van der Waals surface area contributed by atoms with Crippen LogP contribution < -0.4 is 14.8 Å². The molecular weight excluding hydrogens is 470 g/mol. The van der Waals surface area contributed by atoms with Crippen LogP contribution in [0, 0.1) is 0 Å². The fourth-order valence-corrected chi connectivity index (χ4v) is 3.27. The minimum Gasteiger partial charge on any atom is -0.493 e. The van der Waals surface area contributed by atoms with Gasteiger partial charge in [-0.15, -0.1) is 0 Å². The highest BCUT2D eigenvalue weighted by molar-refractivity contribution is 9.10. The largest absolute Gasteiger partial charge is 0.493 e. The molecule has 2 rings (SSSR count). The molecule has 0 aliphatic heterocycles. The first-order valence-electron chi connectivity index (χ1n) is 9.35. The highest BCUT2D eigenvalue weighted by Crippen LogP contribution is 2.33. The van der Waals surface area contributed by atoms with E-state index in [1.807, 2.05) is 30.3 Å². The van der Waals surface area contributed by atoms with Gasteiger partial charge in [0.15, 0.2) is 18.1 Å². The van der Waals surface area contributed by atoms with Gasteiger partial charge in [-0.25, -0.2) is 4.79 Å². The molecule has 166 valence electrons. The van der Waals surface area contributed by atoms with Crippen LogP contribution in [0.5, 0.6) is 11.5 Å². The number of hydrogen-bond acceptors (Lipinski definition) is 7. The van der Waals surface area contributed by atoms with Crippen LogP contribution in [-0.2, 0) is 36.7 Å². The van der Waals surface area contributed by atoms with Gasteiger partial charge in [0.05, 0.1) is 27.8 Å². The summed E-state index contributed by atoms with van der Waals surface area (Å²) in [5.41, 5.74) is 1.47. The van der Waals surface area contributed by atoms with E-state index in [1.165, 1.54) is 21.3 Å². The average Bonchev–Trinajstić information content (AvgIpc) is 2.78. The molecular formula is C22H24BrNO7. The van der Waals surface area contributed by atoms with Crippen molar-refractivity contribution in [1.82, 2.24) is 5.32 Å². The second kappa shape index (κ2) is 11.9. The minimum atomic E-state index is -0.890. The van der Waals surface area contributed by atoms with E-state index in [2.05, 4.69) is 21.2 Å². The van der Waals surface area contributed by atoms with Crippen molar-refractivity contribution >= 4 is 33.8 Å². The summed E-state index contributed by atoms with van der Waals surface area (Å²) in [6.45, 7) is -0.522. The summed E-state index contributed by atoms with van der Waals surface area (Å²) in [6, 6.07) is 11.6. The van der Waals surface area contributed by atoms with Crippen molar-refractivity contribution in [2.75, 3.05) is 27.9 Å². The van der Waals surface area contributed by atoms with Gasteiger partial charge in [0.25, 0.3) is 5.91 Å². The molecule has 0 radical (unpaired) electrons. The molecule has 31 heavy (non-hydrogen) atoms. The van der Waals surface area contributed by atoms with Crippen molar-refractivity contribution in [3.05, 3.63) is 58.1 Å². The molecule has 2 aromatic rings. The molecule has 0 bridgehead atoms. The number of methoxy groups -OCH3 is 3. The van der Waals surface area contributed by atoms with Gasteiger partial charge in [0, 0.05) is 10.9 Å². The van der Waals surface area contributed by atoms with Crippen LogP contribution in [0.1, 0.15) is 11.1 Å². The molecule has 9 heteroatoms. The summed E-state index contributed by atoms with van der Waals surface area (Å²) in [6.07, 6.45) is 0.171. The van der Waals surface area contributed by atoms with E-state index in [9.17, 15) is 14.4 Å². The Hall–Kier alpha value is -3.07. The lowest BCUT2D eigenvalue weighted by atomic mass is 10.1. The standard InChI is InChI=1S/C22H24BrNO7/c1-28-18-10-15(16(23)12-19(18)29-2)11-21(26)31-13-20(25)24-17(22(27)30-3)9-14-7-5-4-6-8-14/h4-8,10,12,17H,9,11,13H2,1-3H3,(H,24,25). The van der Waals surface area contributed by atoms with Gasteiger partial charge in [-0.05, 0) is 23.3 Å². The van der Waals surface area contributed by atoms with Gasteiger partial charge in [0.2, 0.25) is 0 Å².